The molecule has 0 aromatic heterocycles. The molecule has 0 radical (unpaired) electrons. The molecule has 1 amide bonds. The number of nitrogens with one attached hydrogen (secondary N) is 1. The van der Waals surface area contributed by atoms with Gasteiger partial charge in [0.1, 0.15) is 5.75 Å². The van der Waals surface area contributed by atoms with Gasteiger partial charge in [0.05, 0.1) is 30.8 Å². The minimum atomic E-state index is -4.07. The van der Waals surface area contributed by atoms with Crippen LogP contribution >= 0.6 is 0 Å². The Kier molecular flexibility index (Phi) is 8.96. The number of fused-ring (bicyclic) bond motifs is 5. The average Bonchev–Trinajstić information content (AvgIpc) is 3.31. The molecule has 0 aliphatic heterocycles. The SMILES string of the molecule is CC[C@H]1[C@@H](O)[C@@H]2[C@H](CC[C@]3(C)[C@@H]([C@H](C)CCOC(=O)NS(=O)(=O)c4cccc(OC)c4)CC[C@@H]23)[C@@]2(C)CC[C@@H](O)C[C@@H]12. The molecule has 1 aromatic carbocycles. The van der Waals surface area contributed by atoms with Crippen LogP contribution < -0.4 is 9.46 Å². The molecule has 4 fully saturated rings. The van der Waals surface area contributed by atoms with E-state index in [9.17, 15) is 23.4 Å². The van der Waals surface area contributed by atoms with Crippen molar-refractivity contribution in [3.63, 3.8) is 0 Å². The summed E-state index contributed by atoms with van der Waals surface area (Å²) in [4.78, 5) is 12.3. The molecule has 8 nitrogen and oxygen atoms in total. The Morgan fingerprint density at radius 2 is 1.79 bits per heavy atom. The van der Waals surface area contributed by atoms with Gasteiger partial charge in [-0.05, 0) is 116 Å². The van der Waals surface area contributed by atoms with Crippen LogP contribution in [0.25, 0.3) is 0 Å². The summed E-state index contributed by atoms with van der Waals surface area (Å²) in [6.45, 7) is 9.47. The van der Waals surface area contributed by atoms with Crippen molar-refractivity contribution in [3.05, 3.63) is 24.3 Å². The number of sulfonamides is 1. The summed E-state index contributed by atoms with van der Waals surface area (Å²) in [5, 5.41) is 22.4. The number of aliphatic hydroxyl groups excluding tert-OH is 2. The number of amides is 1. The Morgan fingerprint density at radius 3 is 2.50 bits per heavy atom. The number of rotatable bonds is 8. The molecule has 0 spiro atoms. The standard InChI is InChI=1S/C33H51NO7S/c1-6-24-28-18-21(35)12-15-33(28,4)27-13-16-32(3)25(10-11-26(32)29(27)30(24)36)20(2)14-17-41-31(37)34-42(38,39)23-9-7-8-22(19-23)40-5/h7-9,19-21,24-30,35-36H,6,10-18H2,1-5H3,(H,34,37)/t20-,21-,24-,25-,26+,27+,28+,29+,30-,32-,33-/m1/s1. The largest absolute Gasteiger partial charge is 0.497 e. The van der Waals surface area contributed by atoms with Crippen molar-refractivity contribution in [2.24, 2.45) is 52.3 Å². The molecule has 0 saturated heterocycles. The van der Waals surface area contributed by atoms with Crippen LogP contribution in [0.15, 0.2) is 29.2 Å². The molecular weight excluding hydrogens is 554 g/mol. The van der Waals surface area contributed by atoms with E-state index in [1.807, 2.05) is 4.72 Å². The van der Waals surface area contributed by atoms with E-state index >= 15 is 0 Å². The lowest BCUT2D eigenvalue weighted by Crippen LogP contribution is -2.62. The van der Waals surface area contributed by atoms with E-state index in [0.29, 0.717) is 47.7 Å². The average molecular weight is 606 g/mol. The van der Waals surface area contributed by atoms with Gasteiger partial charge in [-0.25, -0.2) is 17.9 Å². The third kappa shape index (κ3) is 5.47. The predicted molar refractivity (Wildman–Crippen MR) is 160 cm³/mol. The fourth-order valence-corrected chi connectivity index (χ4v) is 11.4. The van der Waals surface area contributed by atoms with Crippen LogP contribution in [0.2, 0.25) is 0 Å². The van der Waals surface area contributed by atoms with Crippen LogP contribution in [-0.2, 0) is 14.8 Å². The van der Waals surface area contributed by atoms with Crippen molar-refractivity contribution in [2.45, 2.75) is 103 Å². The molecule has 4 aliphatic carbocycles. The van der Waals surface area contributed by atoms with Crippen LogP contribution in [0.1, 0.15) is 85.5 Å². The molecule has 0 unspecified atom stereocenters. The summed E-state index contributed by atoms with van der Waals surface area (Å²) in [5.74, 6) is 3.04. The van der Waals surface area contributed by atoms with E-state index in [2.05, 4.69) is 27.7 Å². The van der Waals surface area contributed by atoms with Gasteiger partial charge in [0.2, 0.25) is 0 Å². The Morgan fingerprint density at radius 1 is 1.07 bits per heavy atom. The molecule has 4 saturated carbocycles. The highest BCUT2D eigenvalue weighted by Crippen LogP contribution is 2.69. The van der Waals surface area contributed by atoms with Crippen LogP contribution in [0.4, 0.5) is 4.79 Å². The molecular formula is C33H51NO7S. The van der Waals surface area contributed by atoms with Gasteiger partial charge in [-0.3, -0.25) is 0 Å². The van der Waals surface area contributed by atoms with Gasteiger partial charge in [0.25, 0.3) is 10.0 Å². The smallest absolute Gasteiger partial charge is 0.421 e. The van der Waals surface area contributed by atoms with E-state index in [4.69, 9.17) is 9.47 Å². The van der Waals surface area contributed by atoms with E-state index < -0.39 is 16.1 Å². The summed E-state index contributed by atoms with van der Waals surface area (Å²) >= 11 is 0. The van der Waals surface area contributed by atoms with Gasteiger partial charge in [0, 0.05) is 6.07 Å². The zero-order valence-corrected chi connectivity index (χ0v) is 26.7. The number of hydrogen-bond donors (Lipinski definition) is 3. The molecule has 11 atom stereocenters. The first-order valence-corrected chi connectivity index (χ1v) is 17.5. The highest BCUT2D eigenvalue weighted by molar-refractivity contribution is 7.90. The van der Waals surface area contributed by atoms with Crippen LogP contribution in [0, 0.1) is 52.3 Å². The lowest BCUT2D eigenvalue weighted by Gasteiger charge is -2.64. The third-order valence-electron chi connectivity index (χ3n) is 12.5. The third-order valence-corrected chi connectivity index (χ3v) is 13.8. The minimum Gasteiger partial charge on any atom is -0.497 e. The molecule has 236 valence electrons. The molecule has 0 heterocycles. The monoisotopic (exact) mass is 605 g/mol. The number of carbonyl (C=O) groups excluding carboxylic acids is 1. The first-order chi connectivity index (χ1) is 19.9. The van der Waals surface area contributed by atoms with Gasteiger partial charge in [-0.1, -0.05) is 40.2 Å². The Bertz CT molecular complexity index is 1240. The fraction of sp³-hybridized carbons (Fsp3) is 0.788. The molecule has 4 aliphatic rings. The molecule has 0 bridgehead atoms. The normalized spacial score (nSPS) is 40.3. The molecule has 42 heavy (non-hydrogen) atoms. The maximum absolute atomic E-state index is 12.6. The van der Waals surface area contributed by atoms with Crippen molar-refractivity contribution in [2.75, 3.05) is 13.7 Å². The van der Waals surface area contributed by atoms with Gasteiger partial charge in [-0.2, -0.15) is 0 Å². The highest BCUT2D eigenvalue weighted by atomic mass is 32.2. The second kappa shape index (κ2) is 11.9. The summed E-state index contributed by atoms with van der Waals surface area (Å²) < 4.78 is 37.7. The quantitative estimate of drug-likeness (QED) is 0.344. The zero-order valence-electron chi connectivity index (χ0n) is 25.9. The van der Waals surface area contributed by atoms with Crippen LogP contribution in [0.3, 0.4) is 0 Å². The summed E-state index contributed by atoms with van der Waals surface area (Å²) in [6.07, 6.45) is 7.31. The van der Waals surface area contributed by atoms with Gasteiger partial charge >= 0.3 is 6.09 Å². The van der Waals surface area contributed by atoms with Crippen molar-refractivity contribution in [1.29, 1.82) is 0 Å². The lowest BCUT2D eigenvalue weighted by molar-refractivity contribution is -0.203. The molecule has 9 heteroatoms. The minimum absolute atomic E-state index is 0.0625. The summed E-state index contributed by atoms with van der Waals surface area (Å²) in [5.41, 5.74) is 0.302. The topological polar surface area (TPSA) is 122 Å². The number of hydrogen-bond acceptors (Lipinski definition) is 7. The highest BCUT2D eigenvalue weighted by Gasteiger charge is 2.64. The van der Waals surface area contributed by atoms with E-state index in [0.717, 1.165) is 51.4 Å². The van der Waals surface area contributed by atoms with E-state index in [1.54, 1.807) is 12.1 Å². The van der Waals surface area contributed by atoms with Crippen LogP contribution in [0.5, 0.6) is 5.75 Å². The number of benzene rings is 1. The number of aliphatic hydroxyl groups is 2. The Labute approximate surface area is 252 Å². The number of ether oxygens (including phenoxy) is 2. The Hall–Kier alpha value is -1.84. The van der Waals surface area contributed by atoms with Gasteiger partial charge in [0.15, 0.2) is 0 Å². The number of methoxy groups -OCH3 is 1. The molecule has 1 aromatic rings. The summed E-state index contributed by atoms with van der Waals surface area (Å²) in [6, 6.07) is 5.94. The second-order valence-corrected chi connectivity index (χ2v) is 16.0. The second-order valence-electron chi connectivity index (χ2n) is 14.3. The van der Waals surface area contributed by atoms with Crippen molar-refractivity contribution >= 4 is 16.1 Å². The maximum atomic E-state index is 12.6. The van der Waals surface area contributed by atoms with Crippen molar-refractivity contribution in [3.8, 4) is 5.75 Å². The van der Waals surface area contributed by atoms with Crippen molar-refractivity contribution in [1.82, 2.24) is 4.72 Å². The lowest BCUT2D eigenvalue weighted by atomic mass is 9.41. The van der Waals surface area contributed by atoms with E-state index in [1.165, 1.54) is 19.2 Å². The zero-order chi connectivity index (χ0) is 30.4. The predicted octanol–water partition coefficient (Wildman–Crippen LogP) is 5.76. The molecule has 3 N–H and O–H groups in total. The Balaban J connectivity index is 1.21. The van der Waals surface area contributed by atoms with Crippen LogP contribution in [-0.4, -0.2) is 50.6 Å². The number of carbonyl (C=O) groups is 1. The van der Waals surface area contributed by atoms with Gasteiger partial charge < -0.3 is 19.7 Å². The fourth-order valence-electron chi connectivity index (χ4n) is 10.4. The van der Waals surface area contributed by atoms with Crippen molar-refractivity contribution < 1.29 is 32.9 Å². The molecule has 5 rings (SSSR count). The maximum Gasteiger partial charge on any atom is 0.421 e. The first-order valence-electron chi connectivity index (χ1n) is 16.1. The first kappa shape index (κ1) is 31.6. The summed E-state index contributed by atoms with van der Waals surface area (Å²) in [7, 11) is -2.62. The van der Waals surface area contributed by atoms with E-state index in [-0.39, 0.29) is 40.5 Å². The van der Waals surface area contributed by atoms with Gasteiger partial charge in [-0.15, -0.1) is 0 Å².